The van der Waals surface area contributed by atoms with Gasteiger partial charge < -0.3 is 10.1 Å². The highest BCUT2D eigenvalue weighted by molar-refractivity contribution is 7.99. The number of nitrogens with one attached hydrogen (secondary N) is 1. The smallest absolute Gasteiger partial charge is 0.416 e. The maximum absolute atomic E-state index is 13.4. The van der Waals surface area contributed by atoms with Crippen LogP contribution in [0.4, 0.5) is 30.2 Å². The molecule has 0 radical (unpaired) electrons. The lowest BCUT2D eigenvalue weighted by molar-refractivity contribution is -0.137. The van der Waals surface area contributed by atoms with Gasteiger partial charge in [0.15, 0.2) is 6.61 Å². The Labute approximate surface area is 205 Å². The highest BCUT2D eigenvalue weighted by Gasteiger charge is 2.35. The van der Waals surface area contributed by atoms with Gasteiger partial charge in [0, 0.05) is 21.0 Å². The van der Waals surface area contributed by atoms with Crippen LogP contribution in [0.5, 0.6) is 5.75 Å². The summed E-state index contributed by atoms with van der Waals surface area (Å²) >= 11 is 1.34. The lowest BCUT2D eigenvalue weighted by atomic mass is 9.91. The lowest BCUT2D eigenvalue weighted by Gasteiger charge is -2.32. The molecule has 5 rings (SSSR count). The Balaban J connectivity index is 1.44. The second-order valence-electron chi connectivity index (χ2n) is 9.15. The van der Waals surface area contributed by atoms with Crippen molar-refractivity contribution in [1.82, 2.24) is 0 Å². The molecule has 3 aromatic carbocycles. The van der Waals surface area contributed by atoms with Crippen molar-refractivity contribution in [2.45, 2.75) is 42.3 Å². The third-order valence-corrected chi connectivity index (χ3v) is 7.05. The van der Waals surface area contributed by atoms with Gasteiger partial charge in [-0.25, -0.2) is 0 Å². The summed E-state index contributed by atoms with van der Waals surface area (Å²) in [6.07, 6.45) is -2.39. The number of anilines is 3. The van der Waals surface area contributed by atoms with Crippen LogP contribution in [-0.2, 0) is 11.0 Å². The third kappa shape index (κ3) is 4.50. The Morgan fingerprint density at radius 2 is 1.77 bits per heavy atom. The number of carbonyl (C=O) groups is 1. The van der Waals surface area contributed by atoms with Crippen LogP contribution in [0, 0.1) is 0 Å². The van der Waals surface area contributed by atoms with Crippen LogP contribution >= 0.6 is 11.8 Å². The number of allylic oxidation sites excluding steroid dienone is 1. The molecular weight excluding hydrogens is 473 g/mol. The first-order valence-electron chi connectivity index (χ1n) is 11.1. The second-order valence-corrected chi connectivity index (χ2v) is 10.2. The van der Waals surface area contributed by atoms with E-state index in [1.165, 1.54) is 22.7 Å². The van der Waals surface area contributed by atoms with Crippen LogP contribution in [0.3, 0.4) is 0 Å². The van der Waals surface area contributed by atoms with Crippen LogP contribution in [0.15, 0.2) is 76.5 Å². The quantitative estimate of drug-likeness (QED) is 0.407. The number of carbonyl (C=O) groups excluding carboxylic acids is 1. The minimum atomic E-state index is -4.51. The predicted molar refractivity (Wildman–Crippen MR) is 132 cm³/mol. The normalized spacial score (nSPS) is 15.8. The van der Waals surface area contributed by atoms with E-state index in [4.69, 9.17) is 4.74 Å². The predicted octanol–water partition coefficient (Wildman–Crippen LogP) is 7.52. The van der Waals surface area contributed by atoms with E-state index in [9.17, 15) is 18.0 Å². The van der Waals surface area contributed by atoms with Gasteiger partial charge >= 0.3 is 6.18 Å². The number of benzene rings is 3. The molecule has 0 unspecified atom stereocenters. The number of fused-ring (bicyclic) bond motifs is 3. The molecule has 0 bridgehead atoms. The molecule has 0 saturated heterocycles. The molecule has 35 heavy (non-hydrogen) atoms. The van der Waals surface area contributed by atoms with Gasteiger partial charge in [-0.2, -0.15) is 13.2 Å². The zero-order chi connectivity index (χ0) is 25.0. The molecule has 0 fully saturated rings. The van der Waals surface area contributed by atoms with Crippen molar-refractivity contribution in [3.63, 3.8) is 0 Å². The highest BCUT2D eigenvalue weighted by Crippen LogP contribution is 2.49. The van der Waals surface area contributed by atoms with Crippen molar-refractivity contribution in [3.05, 3.63) is 77.9 Å². The number of halogens is 3. The van der Waals surface area contributed by atoms with Gasteiger partial charge in [0.05, 0.1) is 22.5 Å². The molecule has 4 nitrogen and oxygen atoms in total. The summed E-state index contributed by atoms with van der Waals surface area (Å²) in [5, 5.41) is 3.45. The average molecular weight is 497 g/mol. The van der Waals surface area contributed by atoms with Gasteiger partial charge in [0.2, 0.25) is 0 Å². The van der Waals surface area contributed by atoms with Crippen molar-refractivity contribution < 1.29 is 22.7 Å². The molecule has 0 atom stereocenters. The van der Waals surface area contributed by atoms with E-state index in [2.05, 4.69) is 25.2 Å². The molecule has 1 amide bonds. The molecule has 0 aliphatic carbocycles. The van der Waals surface area contributed by atoms with Gasteiger partial charge in [-0.05, 0) is 74.9 Å². The van der Waals surface area contributed by atoms with E-state index in [0.29, 0.717) is 16.3 Å². The summed E-state index contributed by atoms with van der Waals surface area (Å²) in [6.45, 7) is 5.86. The van der Waals surface area contributed by atoms with E-state index in [1.54, 1.807) is 18.2 Å². The maximum atomic E-state index is 13.4. The standard InChI is InChI=1S/C27H23F3N2O2S/c1-16-14-26(2,3)31-20-10-9-18(13-19(16)20)34-15-25(33)32-21-6-4-5-7-23(21)35-24-11-8-17(12-22(24)32)27(28,29)30/h4-14,31H,15H2,1-3H3. The van der Waals surface area contributed by atoms with Crippen molar-refractivity contribution in [1.29, 1.82) is 0 Å². The van der Waals surface area contributed by atoms with E-state index < -0.39 is 17.6 Å². The second kappa shape index (κ2) is 8.37. The summed E-state index contributed by atoms with van der Waals surface area (Å²) in [5.41, 5.74) is 2.82. The fraction of sp³-hybridized carbons (Fsp3) is 0.222. The topological polar surface area (TPSA) is 41.6 Å². The van der Waals surface area contributed by atoms with Crippen LogP contribution in [0.2, 0.25) is 0 Å². The highest BCUT2D eigenvalue weighted by atomic mass is 32.2. The van der Waals surface area contributed by atoms with Gasteiger partial charge in [-0.3, -0.25) is 9.69 Å². The fourth-order valence-electron chi connectivity index (χ4n) is 4.46. The zero-order valence-electron chi connectivity index (χ0n) is 19.4. The fourth-order valence-corrected chi connectivity index (χ4v) is 5.50. The van der Waals surface area contributed by atoms with Gasteiger partial charge in [0.25, 0.3) is 5.91 Å². The molecule has 3 aromatic rings. The minimum Gasteiger partial charge on any atom is -0.484 e. The van der Waals surface area contributed by atoms with Crippen molar-refractivity contribution in [2.24, 2.45) is 0 Å². The number of hydrogen-bond acceptors (Lipinski definition) is 4. The summed E-state index contributed by atoms with van der Waals surface area (Å²) < 4.78 is 46.1. The Bertz CT molecular complexity index is 1360. The van der Waals surface area contributed by atoms with Crippen molar-refractivity contribution in [2.75, 3.05) is 16.8 Å². The van der Waals surface area contributed by atoms with Crippen LogP contribution in [0.25, 0.3) is 5.57 Å². The monoisotopic (exact) mass is 496 g/mol. The van der Waals surface area contributed by atoms with E-state index in [-0.39, 0.29) is 17.8 Å². The third-order valence-electron chi connectivity index (χ3n) is 5.92. The summed E-state index contributed by atoms with van der Waals surface area (Å²) in [6, 6.07) is 16.2. The molecule has 2 aliphatic heterocycles. The van der Waals surface area contributed by atoms with Gasteiger partial charge in [0.1, 0.15) is 5.75 Å². The van der Waals surface area contributed by atoms with Crippen LogP contribution < -0.4 is 15.0 Å². The number of ether oxygens (including phenoxy) is 1. The zero-order valence-corrected chi connectivity index (χ0v) is 20.2. The number of nitrogens with zero attached hydrogens (tertiary/aromatic N) is 1. The summed E-state index contributed by atoms with van der Waals surface area (Å²) in [4.78, 5) is 16.1. The molecule has 0 spiro atoms. The summed E-state index contributed by atoms with van der Waals surface area (Å²) in [5.74, 6) is 0.0536. The first-order valence-corrected chi connectivity index (χ1v) is 11.9. The Morgan fingerprint density at radius 3 is 2.54 bits per heavy atom. The average Bonchev–Trinajstić information content (AvgIpc) is 2.79. The largest absolute Gasteiger partial charge is 0.484 e. The molecule has 0 saturated carbocycles. The van der Waals surface area contributed by atoms with Gasteiger partial charge in [-0.15, -0.1) is 0 Å². The van der Waals surface area contributed by atoms with E-state index in [1.807, 2.05) is 31.2 Å². The Morgan fingerprint density at radius 1 is 1.03 bits per heavy atom. The first-order chi connectivity index (χ1) is 16.5. The Kier molecular flexibility index (Phi) is 5.59. The number of hydrogen-bond donors (Lipinski definition) is 1. The minimum absolute atomic E-state index is 0.169. The number of para-hydroxylation sites is 1. The molecule has 0 aromatic heterocycles. The molecule has 180 valence electrons. The molecule has 2 aliphatic rings. The first kappa shape index (κ1) is 23.4. The maximum Gasteiger partial charge on any atom is 0.416 e. The molecule has 2 heterocycles. The summed E-state index contributed by atoms with van der Waals surface area (Å²) in [7, 11) is 0. The molecule has 8 heteroatoms. The number of amides is 1. The molecule has 1 N–H and O–H groups in total. The van der Waals surface area contributed by atoms with E-state index >= 15 is 0 Å². The lowest BCUT2D eigenvalue weighted by Crippen LogP contribution is -2.33. The van der Waals surface area contributed by atoms with E-state index in [0.717, 1.165) is 33.9 Å². The Hall–Kier alpha value is -3.39. The van der Waals surface area contributed by atoms with Gasteiger partial charge in [-0.1, -0.05) is 30.0 Å². The molecular formula is C27H23F3N2O2S. The van der Waals surface area contributed by atoms with Crippen LogP contribution in [-0.4, -0.2) is 18.1 Å². The number of rotatable bonds is 3. The van der Waals surface area contributed by atoms with Crippen molar-refractivity contribution >= 4 is 40.3 Å². The van der Waals surface area contributed by atoms with Crippen molar-refractivity contribution in [3.8, 4) is 5.75 Å². The number of alkyl halides is 3. The van der Waals surface area contributed by atoms with Crippen LogP contribution in [0.1, 0.15) is 31.9 Å². The SMILES string of the molecule is CC1=CC(C)(C)Nc2ccc(OCC(=O)N3c4ccccc4Sc4ccc(C(F)(F)F)cc43)cc21.